The Bertz CT molecular complexity index is 886. The first kappa shape index (κ1) is 22.3. The summed E-state index contributed by atoms with van der Waals surface area (Å²) in [5.41, 5.74) is 0.159. The molecule has 1 atom stereocenters. The van der Waals surface area contributed by atoms with Gasteiger partial charge in [0.25, 0.3) is 0 Å². The zero-order valence-electron chi connectivity index (χ0n) is 18.2. The zero-order valence-corrected chi connectivity index (χ0v) is 18.2. The molecule has 8 heteroatoms. The second-order valence-electron chi connectivity index (χ2n) is 9.34. The van der Waals surface area contributed by atoms with Gasteiger partial charge in [0, 0.05) is 18.5 Å². The first-order valence-electron chi connectivity index (χ1n) is 11.4. The van der Waals surface area contributed by atoms with Crippen LogP contribution in [-0.2, 0) is 25.7 Å². The van der Waals surface area contributed by atoms with Gasteiger partial charge in [0.05, 0.1) is 6.61 Å². The monoisotopic (exact) mass is 442 g/mol. The fourth-order valence-electron chi connectivity index (χ4n) is 4.80. The lowest BCUT2D eigenvalue weighted by molar-refractivity contribution is -0.161. The number of carbonyl (C=O) groups excluding carboxylic acids is 3. The molecule has 1 unspecified atom stereocenters. The Morgan fingerprint density at radius 3 is 2.41 bits per heavy atom. The van der Waals surface area contributed by atoms with Gasteiger partial charge < -0.3 is 20.1 Å². The smallest absolute Gasteiger partial charge is 0.322 e. The van der Waals surface area contributed by atoms with E-state index in [1.165, 1.54) is 12.8 Å². The Balaban J connectivity index is 1.50. The van der Waals surface area contributed by atoms with Crippen molar-refractivity contribution in [2.24, 2.45) is 17.3 Å². The third-order valence-electron chi connectivity index (χ3n) is 6.80. The lowest BCUT2D eigenvalue weighted by Crippen LogP contribution is -2.61. The average molecular weight is 443 g/mol. The van der Waals surface area contributed by atoms with Crippen LogP contribution in [0.3, 0.4) is 0 Å². The van der Waals surface area contributed by atoms with Gasteiger partial charge in [-0.2, -0.15) is 0 Å². The van der Waals surface area contributed by atoms with Gasteiger partial charge in [-0.3, -0.25) is 19.2 Å². The number of carbonyl (C=O) groups is 4. The molecule has 8 nitrogen and oxygen atoms in total. The van der Waals surface area contributed by atoms with Crippen molar-refractivity contribution >= 4 is 23.6 Å². The van der Waals surface area contributed by atoms with Gasteiger partial charge in [0.15, 0.2) is 11.7 Å². The molecule has 2 amide bonds. The number of hydrogen-bond acceptors (Lipinski definition) is 5. The maximum Gasteiger partial charge on any atom is 0.322 e. The zero-order chi connectivity index (χ0) is 22.7. The number of benzene rings is 1. The number of likely N-dealkylation sites (tertiary alicyclic amines) is 1. The summed E-state index contributed by atoms with van der Waals surface area (Å²) in [6, 6.07) is 7.56. The van der Waals surface area contributed by atoms with E-state index < -0.39 is 35.7 Å². The van der Waals surface area contributed by atoms with Crippen LogP contribution in [0.4, 0.5) is 0 Å². The molecule has 0 aromatic heterocycles. The van der Waals surface area contributed by atoms with Crippen LogP contribution in [0.15, 0.2) is 24.3 Å². The molecule has 0 radical (unpaired) electrons. The van der Waals surface area contributed by atoms with Crippen molar-refractivity contribution in [1.82, 2.24) is 10.2 Å². The molecule has 2 saturated carbocycles. The van der Waals surface area contributed by atoms with E-state index in [1.54, 1.807) is 4.90 Å². The van der Waals surface area contributed by atoms with E-state index >= 15 is 0 Å². The van der Waals surface area contributed by atoms with Gasteiger partial charge in [0.1, 0.15) is 12.3 Å². The van der Waals surface area contributed by atoms with Crippen LogP contribution < -0.4 is 10.1 Å². The van der Waals surface area contributed by atoms with Crippen molar-refractivity contribution < 1.29 is 29.0 Å². The van der Waals surface area contributed by atoms with E-state index in [1.807, 2.05) is 24.3 Å². The largest absolute Gasteiger partial charge is 0.493 e. The Kier molecular flexibility index (Phi) is 6.48. The molecule has 1 saturated heterocycles. The summed E-state index contributed by atoms with van der Waals surface area (Å²) < 4.78 is 5.77. The predicted octanol–water partition coefficient (Wildman–Crippen LogP) is 2.15. The number of rotatable bonds is 8. The van der Waals surface area contributed by atoms with Gasteiger partial charge in [0.2, 0.25) is 11.8 Å². The summed E-state index contributed by atoms with van der Waals surface area (Å²) >= 11 is 0. The SMILES string of the molecule is O=C(O)CNC(=O)C1C(=O)N(Cc2ccc(OCC3CC3)cc2)CC2(CCCCC2)C1=O. The molecule has 2 aliphatic carbocycles. The maximum atomic E-state index is 13.3. The topological polar surface area (TPSA) is 113 Å². The maximum absolute atomic E-state index is 13.3. The second-order valence-corrected chi connectivity index (χ2v) is 9.34. The number of aliphatic carboxylic acids is 1. The molecule has 4 rings (SSSR count). The van der Waals surface area contributed by atoms with Crippen LogP contribution in [0.5, 0.6) is 5.75 Å². The number of hydrogen-bond donors (Lipinski definition) is 2. The number of nitrogens with one attached hydrogen (secondary N) is 1. The number of Topliss-reactive ketones (excluding diaryl/α,β-unsaturated/α-hetero) is 1. The number of piperidine rings is 1. The standard InChI is InChI=1S/C24H30N2O6/c27-19(28)12-25-22(30)20-21(29)24(10-2-1-3-11-24)15-26(23(20)31)13-16-6-8-18(9-7-16)32-14-17-4-5-17/h6-9,17,20H,1-5,10-15H2,(H,25,30)(H,27,28). The number of ether oxygens (including phenoxy) is 1. The number of ketones is 1. The van der Waals surface area contributed by atoms with E-state index in [0.29, 0.717) is 31.8 Å². The Hall–Kier alpha value is -2.90. The summed E-state index contributed by atoms with van der Waals surface area (Å²) in [6.45, 7) is 0.694. The molecule has 3 aliphatic rings. The molecule has 172 valence electrons. The van der Waals surface area contributed by atoms with Gasteiger partial charge in [-0.05, 0) is 49.3 Å². The molecule has 1 aliphatic heterocycles. The van der Waals surface area contributed by atoms with E-state index in [9.17, 15) is 19.2 Å². The molecule has 32 heavy (non-hydrogen) atoms. The highest BCUT2D eigenvalue weighted by Gasteiger charge is 2.54. The minimum absolute atomic E-state index is 0.291. The molecular formula is C24H30N2O6. The van der Waals surface area contributed by atoms with E-state index in [-0.39, 0.29) is 5.78 Å². The fourth-order valence-corrected chi connectivity index (χ4v) is 4.80. The number of amides is 2. The quantitative estimate of drug-likeness (QED) is 0.597. The van der Waals surface area contributed by atoms with Crippen LogP contribution in [0.25, 0.3) is 0 Å². The van der Waals surface area contributed by atoms with Crippen molar-refractivity contribution in [1.29, 1.82) is 0 Å². The number of carboxylic acid groups (broad SMARTS) is 1. The third kappa shape index (κ3) is 4.95. The minimum Gasteiger partial charge on any atom is -0.493 e. The third-order valence-corrected chi connectivity index (χ3v) is 6.80. The van der Waals surface area contributed by atoms with E-state index in [0.717, 1.165) is 37.2 Å². The van der Waals surface area contributed by atoms with Crippen molar-refractivity contribution in [3.63, 3.8) is 0 Å². The van der Waals surface area contributed by atoms with Crippen molar-refractivity contribution in [3.05, 3.63) is 29.8 Å². The molecular weight excluding hydrogens is 412 g/mol. The fraction of sp³-hybridized carbons (Fsp3) is 0.583. The number of nitrogens with zero attached hydrogens (tertiary/aromatic N) is 1. The molecule has 2 N–H and O–H groups in total. The molecule has 1 aromatic carbocycles. The molecule has 3 fully saturated rings. The summed E-state index contributed by atoms with van der Waals surface area (Å²) in [6.07, 6.45) is 6.52. The number of carboxylic acids is 1. The lowest BCUT2D eigenvalue weighted by atomic mass is 9.65. The highest BCUT2D eigenvalue weighted by atomic mass is 16.5. The molecule has 0 bridgehead atoms. The minimum atomic E-state index is -1.48. The van der Waals surface area contributed by atoms with E-state index in [4.69, 9.17) is 9.84 Å². The molecule has 1 heterocycles. The molecule has 1 spiro atoms. The van der Waals surface area contributed by atoms with Crippen LogP contribution in [0.2, 0.25) is 0 Å². The van der Waals surface area contributed by atoms with Crippen LogP contribution in [0, 0.1) is 17.3 Å². The summed E-state index contributed by atoms with van der Waals surface area (Å²) in [4.78, 5) is 51.6. The highest BCUT2D eigenvalue weighted by Crippen LogP contribution is 2.43. The van der Waals surface area contributed by atoms with Gasteiger partial charge >= 0.3 is 5.97 Å². The summed E-state index contributed by atoms with van der Waals surface area (Å²) in [7, 11) is 0. The lowest BCUT2D eigenvalue weighted by Gasteiger charge is -2.46. The van der Waals surface area contributed by atoms with Crippen LogP contribution >= 0.6 is 0 Å². The van der Waals surface area contributed by atoms with Gasteiger partial charge in [-0.1, -0.05) is 31.4 Å². The first-order chi connectivity index (χ1) is 15.4. The van der Waals surface area contributed by atoms with Crippen molar-refractivity contribution in [2.75, 3.05) is 19.7 Å². The average Bonchev–Trinajstić information content (AvgIpc) is 3.61. The first-order valence-corrected chi connectivity index (χ1v) is 11.4. The van der Waals surface area contributed by atoms with Gasteiger partial charge in [-0.25, -0.2) is 0 Å². The van der Waals surface area contributed by atoms with Crippen LogP contribution in [-0.4, -0.2) is 53.3 Å². The van der Waals surface area contributed by atoms with Gasteiger partial charge in [-0.15, -0.1) is 0 Å². The molecule has 1 aromatic rings. The van der Waals surface area contributed by atoms with E-state index in [2.05, 4.69) is 5.32 Å². The Labute approximate surface area is 187 Å². The summed E-state index contributed by atoms with van der Waals surface area (Å²) in [5.74, 6) is -2.98. The van der Waals surface area contributed by atoms with Crippen molar-refractivity contribution in [2.45, 2.75) is 51.5 Å². The van der Waals surface area contributed by atoms with Crippen molar-refractivity contribution in [3.8, 4) is 5.75 Å². The highest BCUT2D eigenvalue weighted by molar-refractivity contribution is 6.21. The Morgan fingerprint density at radius 1 is 1.09 bits per heavy atom. The summed E-state index contributed by atoms with van der Waals surface area (Å²) in [5, 5.41) is 11.1. The predicted molar refractivity (Wildman–Crippen MR) is 115 cm³/mol. The van der Waals surface area contributed by atoms with Crippen LogP contribution in [0.1, 0.15) is 50.5 Å². The second kappa shape index (κ2) is 9.30. The Morgan fingerprint density at radius 2 is 1.78 bits per heavy atom. The normalized spacial score (nSPS) is 22.6.